The fourth-order valence-corrected chi connectivity index (χ4v) is 2.81. The molecule has 0 amide bonds. The number of imidazole rings is 1. The lowest BCUT2D eigenvalue weighted by Crippen LogP contribution is -2.09. The first-order valence-electron chi connectivity index (χ1n) is 6.05. The average molecular weight is 288 g/mol. The Morgan fingerprint density at radius 2 is 2.40 bits per heavy atom. The number of rotatable bonds is 3. The maximum atomic E-state index is 11.9. The number of esters is 1. The number of carbonyl (C=O) groups is 1. The summed E-state index contributed by atoms with van der Waals surface area (Å²) < 4.78 is 6.63. The number of thiazole rings is 1. The van der Waals surface area contributed by atoms with Gasteiger partial charge in [-0.1, -0.05) is 0 Å². The number of nitrogen functional groups attached to an aromatic ring is 1. The summed E-state index contributed by atoms with van der Waals surface area (Å²) in [5.41, 5.74) is 7.95. The van der Waals surface area contributed by atoms with Gasteiger partial charge in [-0.25, -0.2) is 9.78 Å². The van der Waals surface area contributed by atoms with Gasteiger partial charge < -0.3 is 10.5 Å². The van der Waals surface area contributed by atoms with E-state index >= 15 is 0 Å². The van der Waals surface area contributed by atoms with Crippen LogP contribution in [0.4, 0.5) is 5.82 Å². The van der Waals surface area contributed by atoms with Crippen LogP contribution >= 0.6 is 11.3 Å². The third-order valence-corrected chi connectivity index (χ3v) is 3.64. The molecule has 3 aromatic heterocycles. The molecule has 3 aromatic rings. The van der Waals surface area contributed by atoms with Crippen LogP contribution in [0.1, 0.15) is 17.4 Å². The van der Waals surface area contributed by atoms with E-state index in [9.17, 15) is 4.79 Å². The van der Waals surface area contributed by atoms with Crippen molar-refractivity contribution in [2.24, 2.45) is 0 Å². The largest absolute Gasteiger partial charge is 0.461 e. The Morgan fingerprint density at radius 1 is 1.55 bits per heavy atom. The van der Waals surface area contributed by atoms with Crippen molar-refractivity contribution in [3.05, 3.63) is 35.6 Å². The summed E-state index contributed by atoms with van der Waals surface area (Å²) >= 11 is 1.35. The lowest BCUT2D eigenvalue weighted by atomic mass is 10.2. The molecule has 0 aliphatic rings. The molecule has 0 spiro atoms. The van der Waals surface area contributed by atoms with Gasteiger partial charge in [-0.2, -0.15) is 0 Å². The third-order valence-electron chi connectivity index (χ3n) is 2.82. The van der Waals surface area contributed by atoms with E-state index in [0.29, 0.717) is 28.8 Å². The van der Waals surface area contributed by atoms with Gasteiger partial charge in [0.1, 0.15) is 17.2 Å². The Kier molecular flexibility index (Phi) is 3.11. The Hall–Kier alpha value is -2.41. The molecule has 3 rings (SSSR count). The number of hydrogen-bond acceptors (Lipinski definition) is 6. The van der Waals surface area contributed by atoms with Gasteiger partial charge in [0.25, 0.3) is 0 Å². The minimum absolute atomic E-state index is 0.320. The molecule has 0 unspecified atom stereocenters. The van der Waals surface area contributed by atoms with Crippen molar-refractivity contribution < 1.29 is 9.53 Å². The lowest BCUT2D eigenvalue weighted by Gasteiger charge is -2.02. The summed E-state index contributed by atoms with van der Waals surface area (Å²) in [7, 11) is 0. The van der Waals surface area contributed by atoms with Crippen molar-refractivity contribution in [2.75, 3.05) is 12.3 Å². The summed E-state index contributed by atoms with van der Waals surface area (Å²) in [6.07, 6.45) is 3.37. The second-order valence-corrected chi connectivity index (χ2v) is 4.88. The van der Waals surface area contributed by atoms with Gasteiger partial charge in [-0.15, -0.1) is 11.3 Å². The molecule has 102 valence electrons. The van der Waals surface area contributed by atoms with Gasteiger partial charge >= 0.3 is 5.97 Å². The highest BCUT2D eigenvalue weighted by Gasteiger charge is 2.20. The molecule has 20 heavy (non-hydrogen) atoms. The molecule has 7 heteroatoms. The molecule has 0 aromatic carbocycles. The van der Waals surface area contributed by atoms with Crippen LogP contribution in [0.3, 0.4) is 0 Å². The number of ether oxygens (including phenoxy) is 1. The normalized spacial score (nSPS) is 10.8. The topological polar surface area (TPSA) is 82.5 Å². The van der Waals surface area contributed by atoms with Crippen molar-refractivity contribution >= 4 is 28.1 Å². The molecule has 0 aliphatic carbocycles. The predicted molar refractivity (Wildman–Crippen MR) is 76.7 cm³/mol. The second kappa shape index (κ2) is 4.93. The third kappa shape index (κ3) is 1.92. The Labute approximate surface area is 118 Å². The first-order valence-corrected chi connectivity index (χ1v) is 6.93. The van der Waals surface area contributed by atoms with Crippen molar-refractivity contribution in [3.8, 4) is 11.3 Å². The smallest absolute Gasteiger partial charge is 0.356 e. The van der Waals surface area contributed by atoms with Gasteiger partial charge in [0.15, 0.2) is 4.96 Å². The maximum Gasteiger partial charge on any atom is 0.356 e. The molecule has 6 nitrogen and oxygen atoms in total. The second-order valence-electron chi connectivity index (χ2n) is 4.05. The minimum Gasteiger partial charge on any atom is -0.461 e. The van der Waals surface area contributed by atoms with Crippen LogP contribution in [0, 0.1) is 0 Å². The highest BCUT2D eigenvalue weighted by atomic mass is 32.1. The number of hydrogen-bond donors (Lipinski definition) is 1. The zero-order valence-electron chi connectivity index (χ0n) is 10.7. The van der Waals surface area contributed by atoms with E-state index in [2.05, 4.69) is 9.97 Å². The van der Waals surface area contributed by atoms with E-state index in [1.54, 1.807) is 29.1 Å². The summed E-state index contributed by atoms with van der Waals surface area (Å²) in [4.78, 5) is 21.0. The predicted octanol–water partition coefficient (Wildman–Crippen LogP) is 2.22. The van der Waals surface area contributed by atoms with Crippen LogP contribution in [0.2, 0.25) is 0 Å². The zero-order chi connectivity index (χ0) is 14.1. The van der Waals surface area contributed by atoms with Crippen molar-refractivity contribution in [1.82, 2.24) is 14.4 Å². The summed E-state index contributed by atoms with van der Waals surface area (Å²) in [5, 5.41) is 1.70. The standard InChI is InChI=1S/C13H12N4O2S/c1-2-19-12(18)9-7-20-13-16-10(11(14)17(9)13)8-4-3-5-15-6-8/h3-7H,2,14H2,1H3. The Bertz CT molecular complexity index is 763. The van der Waals surface area contributed by atoms with Gasteiger partial charge in [0.2, 0.25) is 0 Å². The van der Waals surface area contributed by atoms with Gasteiger partial charge in [-0.05, 0) is 19.1 Å². The molecule has 0 radical (unpaired) electrons. The molecule has 0 saturated heterocycles. The van der Waals surface area contributed by atoms with Crippen LogP contribution in [-0.2, 0) is 4.74 Å². The summed E-state index contributed by atoms with van der Waals surface area (Å²) in [6.45, 7) is 2.08. The van der Waals surface area contributed by atoms with Crippen LogP contribution < -0.4 is 5.73 Å². The fraction of sp³-hybridized carbons (Fsp3) is 0.154. The van der Waals surface area contributed by atoms with Crippen molar-refractivity contribution in [1.29, 1.82) is 0 Å². The molecule has 0 saturated carbocycles. The maximum absolute atomic E-state index is 11.9. The number of aromatic nitrogens is 3. The van der Waals surface area contributed by atoms with Crippen LogP contribution in [-0.4, -0.2) is 26.9 Å². The number of nitrogens with two attached hydrogens (primary N) is 1. The van der Waals surface area contributed by atoms with E-state index in [-0.39, 0.29) is 0 Å². The number of pyridine rings is 1. The molecule has 2 N–H and O–H groups in total. The summed E-state index contributed by atoms with van der Waals surface area (Å²) in [5.74, 6) is 0.0119. The monoisotopic (exact) mass is 288 g/mol. The molecular formula is C13H12N4O2S. The fourth-order valence-electron chi connectivity index (χ4n) is 1.94. The first kappa shape index (κ1) is 12.6. The Morgan fingerprint density at radius 3 is 3.10 bits per heavy atom. The van der Waals surface area contributed by atoms with Gasteiger partial charge in [0.05, 0.1) is 6.61 Å². The Balaban J connectivity index is 2.15. The number of anilines is 1. The van der Waals surface area contributed by atoms with Crippen LogP contribution in [0.25, 0.3) is 16.2 Å². The SMILES string of the molecule is CCOC(=O)c1csc2nc(-c3cccnc3)c(N)n12. The molecule has 0 aliphatic heterocycles. The first-order chi connectivity index (χ1) is 9.72. The highest BCUT2D eigenvalue weighted by Crippen LogP contribution is 2.30. The molecule has 0 bridgehead atoms. The van der Waals surface area contributed by atoms with Gasteiger partial charge in [-0.3, -0.25) is 9.38 Å². The van der Waals surface area contributed by atoms with Gasteiger partial charge in [0, 0.05) is 23.3 Å². The van der Waals surface area contributed by atoms with Crippen molar-refractivity contribution in [3.63, 3.8) is 0 Å². The van der Waals surface area contributed by atoms with E-state index in [1.165, 1.54) is 11.3 Å². The van der Waals surface area contributed by atoms with E-state index < -0.39 is 5.97 Å². The van der Waals surface area contributed by atoms with E-state index in [0.717, 1.165) is 5.56 Å². The summed E-state index contributed by atoms with van der Waals surface area (Å²) in [6, 6.07) is 3.69. The van der Waals surface area contributed by atoms with Crippen LogP contribution in [0.5, 0.6) is 0 Å². The molecule has 0 fully saturated rings. The number of fused-ring (bicyclic) bond motifs is 1. The molecular weight excluding hydrogens is 276 g/mol. The highest BCUT2D eigenvalue weighted by molar-refractivity contribution is 7.15. The van der Waals surface area contributed by atoms with Crippen LogP contribution in [0.15, 0.2) is 29.9 Å². The molecule has 0 atom stereocenters. The lowest BCUT2D eigenvalue weighted by molar-refractivity contribution is 0.0519. The van der Waals surface area contributed by atoms with E-state index in [1.807, 2.05) is 12.1 Å². The molecule has 3 heterocycles. The van der Waals surface area contributed by atoms with Crippen molar-refractivity contribution in [2.45, 2.75) is 6.92 Å². The minimum atomic E-state index is -0.402. The quantitative estimate of drug-likeness (QED) is 0.747. The number of carbonyl (C=O) groups excluding carboxylic acids is 1. The zero-order valence-corrected chi connectivity index (χ0v) is 11.6. The average Bonchev–Trinajstić information content (AvgIpc) is 3.01. The van der Waals surface area contributed by atoms with E-state index in [4.69, 9.17) is 10.5 Å². The number of nitrogens with zero attached hydrogens (tertiary/aromatic N) is 3.